The van der Waals surface area contributed by atoms with Crippen LogP contribution in [0.3, 0.4) is 0 Å². The lowest BCUT2D eigenvalue weighted by Crippen LogP contribution is -2.28. The van der Waals surface area contributed by atoms with E-state index < -0.39 is 0 Å². The van der Waals surface area contributed by atoms with Crippen molar-refractivity contribution in [2.24, 2.45) is 0 Å². The van der Waals surface area contributed by atoms with Crippen LogP contribution in [0.15, 0.2) is 24.3 Å². The van der Waals surface area contributed by atoms with Crippen LogP contribution in [0.5, 0.6) is 0 Å². The van der Waals surface area contributed by atoms with Gasteiger partial charge in [-0.15, -0.1) is 0 Å². The first-order valence-corrected chi connectivity index (χ1v) is 8.11. The number of thiol groups is 1. The molecule has 0 saturated heterocycles. The van der Waals surface area contributed by atoms with E-state index in [1.165, 1.54) is 43.2 Å². The SMILES string of the molecule is CCC(C)c1ccc(COC2CCCCC2S)cc1. The molecule has 0 aliphatic heterocycles. The lowest BCUT2D eigenvalue weighted by atomic mass is 9.96. The predicted molar refractivity (Wildman–Crippen MR) is 85.0 cm³/mol. The normalized spacial score (nSPS) is 25.2. The molecule has 19 heavy (non-hydrogen) atoms. The Labute approximate surface area is 123 Å². The fraction of sp³-hybridized carbons (Fsp3) is 0.647. The van der Waals surface area contributed by atoms with Gasteiger partial charge in [0.05, 0.1) is 12.7 Å². The Bertz CT molecular complexity index is 373. The molecule has 3 unspecified atom stereocenters. The molecule has 2 rings (SSSR count). The molecule has 1 nitrogen and oxygen atoms in total. The van der Waals surface area contributed by atoms with Crippen molar-refractivity contribution in [1.29, 1.82) is 0 Å². The molecular weight excluding hydrogens is 252 g/mol. The van der Waals surface area contributed by atoms with E-state index in [0.29, 0.717) is 17.3 Å². The molecule has 1 saturated carbocycles. The molecule has 0 heterocycles. The van der Waals surface area contributed by atoms with Crippen LogP contribution in [-0.2, 0) is 11.3 Å². The van der Waals surface area contributed by atoms with Gasteiger partial charge in [0.15, 0.2) is 0 Å². The molecule has 1 aromatic carbocycles. The van der Waals surface area contributed by atoms with Crippen LogP contribution >= 0.6 is 12.6 Å². The lowest BCUT2D eigenvalue weighted by molar-refractivity contribution is 0.0217. The Morgan fingerprint density at radius 3 is 2.53 bits per heavy atom. The van der Waals surface area contributed by atoms with E-state index in [-0.39, 0.29) is 0 Å². The topological polar surface area (TPSA) is 9.23 Å². The largest absolute Gasteiger partial charge is 0.372 e. The van der Waals surface area contributed by atoms with Gasteiger partial charge in [0.1, 0.15) is 0 Å². The highest BCUT2D eigenvalue weighted by Crippen LogP contribution is 2.26. The highest BCUT2D eigenvalue weighted by Gasteiger charge is 2.22. The maximum absolute atomic E-state index is 6.03. The van der Waals surface area contributed by atoms with Crippen molar-refractivity contribution < 1.29 is 4.74 Å². The molecule has 0 amide bonds. The summed E-state index contributed by atoms with van der Waals surface area (Å²) in [6.07, 6.45) is 6.48. The monoisotopic (exact) mass is 278 g/mol. The quantitative estimate of drug-likeness (QED) is 0.749. The third-order valence-corrected chi connectivity index (χ3v) is 4.88. The summed E-state index contributed by atoms with van der Waals surface area (Å²) < 4.78 is 6.03. The van der Waals surface area contributed by atoms with E-state index in [1.807, 2.05) is 0 Å². The summed E-state index contributed by atoms with van der Waals surface area (Å²) in [6.45, 7) is 5.24. The van der Waals surface area contributed by atoms with Gasteiger partial charge in [-0.25, -0.2) is 0 Å². The molecule has 0 spiro atoms. The van der Waals surface area contributed by atoms with E-state index in [2.05, 4.69) is 50.7 Å². The van der Waals surface area contributed by atoms with Crippen molar-refractivity contribution in [3.8, 4) is 0 Å². The minimum atomic E-state index is 0.339. The number of rotatable bonds is 5. The Morgan fingerprint density at radius 1 is 1.21 bits per heavy atom. The van der Waals surface area contributed by atoms with Gasteiger partial charge in [0, 0.05) is 5.25 Å². The summed E-state index contributed by atoms with van der Waals surface area (Å²) in [7, 11) is 0. The average molecular weight is 278 g/mol. The summed E-state index contributed by atoms with van der Waals surface area (Å²) >= 11 is 4.63. The van der Waals surface area contributed by atoms with Crippen LogP contribution < -0.4 is 0 Å². The van der Waals surface area contributed by atoms with Gasteiger partial charge >= 0.3 is 0 Å². The Balaban J connectivity index is 1.85. The fourth-order valence-electron chi connectivity index (χ4n) is 2.65. The standard InChI is InChI=1S/C17H26OS/c1-3-13(2)15-10-8-14(9-11-15)12-18-16-6-4-5-7-17(16)19/h8-11,13,16-17,19H,3-7,12H2,1-2H3. The van der Waals surface area contributed by atoms with Gasteiger partial charge < -0.3 is 4.74 Å². The van der Waals surface area contributed by atoms with Crippen LogP contribution in [0.1, 0.15) is 63.0 Å². The van der Waals surface area contributed by atoms with Crippen molar-refractivity contribution in [3.63, 3.8) is 0 Å². The molecule has 3 atom stereocenters. The van der Waals surface area contributed by atoms with Gasteiger partial charge in [0.25, 0.3) is 0 Å². The summed E-state index contributed by atoms with van der Waals surface area (Å²) in [6, 6.07) is 8.90. The van der Waals surface area contributed by atoms with Gasteiger partial charge in [-0.1, -0.05) is 51.0 Å². The molecule has 0 N–H and O–H groups in total. The summed E-state index contributed by atoms with van der Waals surface area (Å²) in [5.74, 6) is 0.648. The average Bonchev–Trinajstić information content (AvgIpc) is 2.46. The second-order valence-electron chi connectivity index (χ2n) is 5.75. The summed E-state index contributed by atoms with van der Waals surface area (Å²) in [5.41, 5.74) is 2.70. The molecule has 1 aromatic rings. The third kappa shape index (κ3) is 4.25. The highest BCUT2D eigenvalue weighted by atomic mass is 32.1. The fourth-order valence-corrected chi connectivity index (χ4v) is 3.07. The zero-order valence-corrected chi connectivity index (χ0v) is 13.0. The van der Waals surface area contributed by atoms with E-state index in [4.69, 9.17) is 4.74 Å². The lowest BCUT2D eigenvalue weighted by Gasteiger charge is -2.28. The maximum atomic E-state index is 6.03. The first kappa shape index (κ1) is 14.9. The molecule has 0 aromatic heterocycles. The summed E-state index contributed by atoms with van der Waals surface area (Å²) in [5, 5.41) is 0.424. The molecule has 1 aliphatic rings. The van der Waals surface area contributed by atoms with Gasteiger partial charge in [-0.2, -0.15) is 12.6 Å². The van der Waals surface area contributed by atoms with Crippen molar-refractivity contribution in [1.82, 2.24) is 0 Å². The Hall–Kier alpha value is -0.470. The van der Waals surface area contributed by atoms with E-state index in [9.17, 15) is 0 Å². The third-order valence-electron chi connectivity index (χ3n) is 4.29. The van der Waals surface area contributed by atoms with Gasteiger partial charge in [-0.05, 0) is 36.3 Å². The van der Waals surface area contributed by atoms with Gasteiger partial charge in [-0.3, -0.25) is 0 Å². The molecule has 106 valence electrons. The van der Waals surface area contributed by atoms with Crippen molar-refractivity contribution in [2.45, 2.75) is 69.8 Å². The first-order chi connectivity index (χ1) is 9.20. The highest BCUT2D eigenvalue weighted by molar-refractivity contribution is 7.81. The Kier molecular flexibility index (Phi) is 5.77. The molecule has 1 aliphatic carbocycles. The smallest absolute Gasteiger partial charge is 0.0721 e. The van der Waals surface area contributed by atoms with Crippen molar-refractivity contribution in [3.05, 3.63) is 35.4 Å². The first-order valence-electron chi connectivity index (χ1n) is 7.59. The van der Waals surface area contributed by atoms with Crippen molar-refractivity contribution >= 4 is 12.6 Å². The van der Waals surface area contributed by atoms with E-state index >= 15 is 0 Å². The Morgan fingerprint density at radius 2 is 1.89 bits per heavy atom. The van der Waals surface area contributed by atoms with Crippen LogP contribution in [0, 0.1) is 0 Å². The molecular formula is C17H26OS. The van der Waals surface area contributed by atoms with Crippen LogP contribution in [0.4, 0.5) is 0 Å². The van der Waals surface area contributed by atoms with Crippen LogP contribution in [-0.4, -0.2) is 11.4 Å². The van der Waals surface area contributed by atoms with E-state index in [1.54, 1.807) is 0 Å². The zero-order chi connectivity index (χ0) is 13.7. The number of hydrogen-bond donors (Lipinski definition) is 1. The molecule has 2 heteroatoms. The second kappa shape index (κ2) is 7.35. The molecule has 0 radical (unpaired) electrons. The number of benzene rings is 1. The predicted octanol–water partition coefficient (Wildman–Crippen LogP) is 4.96. The minimum Gasteiger partial charge on any atom is -0.372 e. The molecule has 1 fully saturated rings. The van der Waals surface area contributed by atoms with Gasteiger partial charge in [0.2, 0.25) is 0 Å². The second-order valence-corrected chi connectivity index (χ2v) is 6.42. The number of hydrogen-bond acceptors (Lipinski definition) is 2. The van der Waals surface area contributed by atoms with Crippen LogP contribution in [0.2, 0.25) is 0 Å². The zero-order valence-electron chi connectivity index (χ0n) is 12.1. The number of ether oxygens (including phenoxy) is 1. The maximum Gasteiger partial charge on any atom is 0.0721 e. The molecule has 0 bridgehead atoms. The minimum absolute atomic E-state index is 0.339. The van der Waals surface area contributed by atoms with Crippen molar-refractivity contribution in [2.75, 3.05) is 0 Å². The van der Waals surface area contributed by atoms with E-state index in [0.717, 1.165) is 6.61 Å². The summed E-state index contributed by atoms with van der Waals surface area (Å²) in [4.78, 5) is 0. The van der Waals surface area contributed by atoms with Crippen LogP contribution in [0.25, 0.3) is 0 Å².